The van der Waals surface area contributed by atoms with Crippen LogP contribution in [0, 0.1) is 11.3 Å². The first-order valence-electron chi connectivity index (χ1n) is 7.99. The van der Waals surface area contributed by atoms with Gasteiger partial charge in [-0.3, -0.25) is 9.78 Å². The Hall–Kier alpha value is -2.69. The summed E-state index contributed by atoms with van der Waals surface area (Å²) in [5.41, 5.74) is 3.25. The summed E-state index contributed by atoms with van der Waals surface area (Å²) >= 11 is 6.69. The molecule has 0 aliphatic heterocycles. The summed E-state index contributed by atoms with van der Waals surface area (Å²) in [6.45, 7) is 0. The van der Waals surface area contributed by atoms with E-state index in [-0.39, 0.29) is 5.91 Å². The molecule has 0 aliphatic rings. The first-order chi connectivity index (χ1) is 13.1. The predicted octanol–water partition coefficient (Wildman–Crippen LogP) is 5.50. The van der Waals surface area contributed by atoms with E-state index in [1.807, 2.05) is 36.4 Å². The summed E-state index contributed by atoms with van der Waals surface area (Å²) in [6, 6.07) is 15.2. The van der Waals surface area contributed by atoms with Crippen LogP contribution >= 0.6 is 31.9 Å². The summed E-state index contributed by atoms with van der Waals surface area (Å²) < 4.78 is 0.927. The van der Waals surface area contributed by atoms with Gasteiger partial charge in [0.05, 0.1) is 16.8 Å². The van der Waals surface area contributed by atoms with Crippen molar-refractivity contribution in [3.63, 3.8) is 0 Å². The summed E-state index contributed by atoms with van der Waals surface area (Å²) in [5, 5.41) is 17.0. The zero-order valence-corrected chi connectivity index (χ0v) is 17.2. The molecule has 2 N–H and O–H groups in total. The van der Waals surface area contributed by atoms with Crippen molar-refractivity contribution in [3.8, 4) is 6.07 Å². The van der Waals surface area contributed by atoms with Crippen molar-refractivity contribution in [1.82, 2.24) is 4.98 Å². The van der Waals surface area contributed by atoms with E-state index < -0.39 is 0 Å². The number of hydrogen-bond donors (Lipinski definition) is 2. The molecule has 0 spiro atoms. The number of nitriles is 1. The lowest BCUT2D eigenvalue weighted by Crippen LogP contribution is -2.08. The molecule has 27 heavy (non-hydrogen) atoms. The third-order valence-corrected chi connectivity index (χ3v) is 4.58. The number of amides is 1. The summed E-state index contributed by atoms with van der Waals surface area (Å²) in [6.07, 6.45) is 4.72. The Morgan fingerprint density at radius 1 is 1.22 bits per heavy atom. The number of carbonyl (C=O) groups excluding carboxylic acids is 1. The van der Waals surface area contributed by atoms with Gasteiger partial charge in [0.1, 0.15) is 6.07 Å². The number of allylic oxidation sites excluding steroid dienone is 1. The molecule has 5 nitrogen and oxygen atoms in total. The molecular formula is C20H14Br2N4O. The fourth-order valence-corrected chi connectivity index (χ4v) is 3.12. The van der Waals surface area contributed by atoms with E-state index in [0.717, 1.165) is 21.1 Å². The summed E-state index contributed by atoms with van der Waals surface area (Å²) in [4.78, 5) is 16.3. The number of aromatic nitrogens is 1. The third-order valence-electron chi connectivity index (χ3n) is 3.71. The Morgan fingerprint density at radius 3 is 2.81 bits per heavy atom. The fraction of sp³-hybridized carbons (Fsp3) is 0.0500. The zero-order valence-electron chi connectivity index (χ0n) is 14.0. The highest BCUT2D eigenvalue weighted by Crippen LogP contribution is 2.31. The van der Waals surface area contributed by atoms with Crippen molar-refractivity contribution in [1.29, 1.82) is 5.26 Å². The van der Waals surface area contributed by atoms with Gasteiger partial charge in [0.2, 0.25) is 5.91 Å². The number of nitrogens with one attached hydrogen (secondary N) is 2. The molecule has 134 valence electrons. The van der Waals surface area contributed by atoms with Gasteiger partial charge in [-0.25, -0.2) is 0 Å². The van der Waals surface area contributed by atoms with Crippen LogP contribution in [0.4, 0.5) is 17.1 Å². The molecule has 0 saturated carbocycles. The first-order valence-corrected chi connectivity index (χ1v) is 9.91. The van der Waals surface area contributed by atoms with Crippen molar-refractivity contribution >= 4 is 65.7 Å². The van der Waals surface area contributed by atoms with Crippen LogP contribution in [0.1, 0.15) is 5.56 Å². The van der Waals surface area contributed by atoms with Crippen LogP contribution in [0.15, 0.2) is 65.3 Å². The van der Waals surface area contributed by atoms with Crippen LogP contribution in [0.2, 0.25) is 0 Å². The maximum Gasteiger partial charge on any atom is 0.248 e. The number of rotatable bonds is 5. The number of benzene rings is 2. The SMILES string of the molecule is N#Cc1cnc2ccc(NC(=O)C=CCBr)cc2c1Nc1cccc(Br)c1. The minimum absolute atomic E-state index is 0.223. The average molecular weight is 486 g/mol. The summed E-state index contributed by atoms with van der Waals surface area (Å²) in [7, 11) is 0. The van der Waals surface area contributed by atoms with Crippen LogP contribution in [0.3, 0.4) is 0 Å². The van der Waals surface area contributed by atoms with Gasteiger partial charge in [-0.1, -0.05) is 44.0 Å². The van der Waals surface area contributed by atoms with Crippen molar-refractivity contribution in [2.45, 2.75) is 0 Å². The molecule has 0 unspecified atom stereocenters. The Morgan fingerprint density at radius 2 is 2.07 bits per heavy atom. The van der Waals surface area contributed by atoms with E-state index in [1.165, 1.54) is 6.08 Å². The molecule has 0 bridgehead atoms. The van der Waals surface area contributed by atoms with Crippen molar-refractivity contribution in [2.75, 3.05) is 16.0 Å². The van der Waals surface area contributed by atoms with Gasteiger partial charge in [0.25, 0.3) is 0 Å². The molecule has 0 fully saturated rings. The summed E-state index contributed by atoms with van der Waals surface area (Å²) in [5.74, 6) is -0.223. The number of nitrogens with zero attached hydrogens (tertiary/aromatic N) is 2. The molecule has 3 aromatic rings. The number of pyridine rings is 1. The first kappa shape index (κ1) is 19.1. The molecule has 1 aromatic heterocycles. The van der Waals surface area contributed by atoms with E-state index in [0.29, 0.717) is 22.3 Å². The van der Waals surface area contributed by atoms with Gasteiger partial charge >= 0.3 is 0 Å². The van der Waals surface area contributed by atoms with Crippen LogP contribution in [-0.4, -0.2) is 16.2 Å². The molecule has 1 amide bonds. The third kappa shape index (κ3) is 4.73. The molecule has 0 atom stereocenters. The second kappa shape index (κ2) is 8.80. The quantitative estimate of drug-likeness (QED) is 0.369. The minimum atomic E-state index is -0.223. The topological polar surface area (TPSA) is 77.8 Å². The molecule has 0 aliphatic carbocycles. The molecule has 2 aromatic carbocycles. The van der Waals surface area contributed by atoms with Gasteiger partial charge in [-0.15, -0.1) is 0 Å². The molecule has 3 rings (SSSR count). The fourth-order valence-electron chi connectivity index (χ4n) is 2.54. The number of hydrogen-bond acceptors (Lipinski definition) is 4. The van der Waals surface area contributed by atoms with Crippen LogP contribution in [-0.2, 0) is 4.79 Å². The zero-order chi connectivity index (χ0) is 19.2. The number of fused-ring (bicyclic) bond motifs is 1. The largest absolute Gasteiger partial charge is 0.354 e. The van der Waals surface area contributed by atoms with Crippen molar-refractivity contribution in [3.05, 3.63) is 70.8 Å². The van der Waals surface area contributed by atoms with Gasteiger partial charge in [0, 0.05) is 38.8 Å². The maximum absolute atomic E-state index is 11.9. The Balaban J connectivity index is 2.04. The Labute approximate surface area is 173 Å². The molecule has 0 radical (unpaired) electrons. The van der Waals surface area contributed by atoms with E-state index in [1.54, 1.807) is 18.3 Å². The average Bonchev–Trinajstić information content (AvgIpc) is 2.67. The van der Waals surface area contributed by atoms with E-state index in [4.69, 9.17) is 0 Å². The second-order valence-electron chi connectivity index (χ2n) is 5.57. The van der Waals surface area contributed by atoms with Gasteiger partial charge in [0.15, 0.2) is 0 Å². The predicted molar refractivity (Wildman–Crippen MR) is 115 cm³/mol. The highest BCUT2D eigenvalue weighted by atomic mass is 79.9. The molecule has 7 heteroatoms. The Bertz CT molecular complexity index is 1070. The van der Waals surface area contributed by atoms with Crippen LogP contribution in [0.5, 0.6) is 0 Å². The van der Waals surface area contributed by atoms with Crippen molar-refractivity contribution in [2.24, 2.45) is 0 Å². The maximum atomic E-state index is 11.9. The lowest BCUT2D eigenvalue weighted by atomic mass is 10.1. The van der Waals surface area contributed by atoms with E-state index in [2.05, 4.69) is 53.5 Å². The van der Waals surface area contributed by atoms with Crippen LogP contribution < -0.4 is 10.6 Å². The van der Waals surface area contributed by atoms with Gasteiger partial charge < -0.3 is 10.6 Å². The molecular weight excluding hydrogens is 472 g/mol. The standard InChI is InChI=1S/C20H14Br2N4O/c21-8-2-5-19(27)25-16-6-7-18-17(10-16)20(13(11-23)12-24-18)26-15-4-1-3-14(22)9-15/h1-7,9-10,12H,8H2,(H,24,26)(H,25,27). The van der Waals surface area contributed by atoms with Crippen molar-refractivity contribution < 1.29 is 4.79 Å². The number of halogens is 2. The monoisotopic (exact) mass is 484 g/mol. The van der Waals surface area contributed by atoms with E-state index >= 15 is 0 Å². The number of alkyl halides is 1. The minimum Gasteiger partial charge on any atom is -0.354 e. The van der Waals surface area contributed by atoms with Gasteiger partial charge in [-0.05, 0) is 36.4 Å². The highest BCUT2D eigenvalue weighted by molar-refractivity contribution is 9.10. The second-order valence-corrected chi connectivity index (χ2v) is 7.14. The lowest BCUT2D eigenvalue weighted by molar-refractivity contribution is -0.111. The lowest BCUT2D eigenvalue weighted by Gasteiger charge is -2.13. The van der Waals surface area contributed by atoms with E-state index in [9.17, 15) is 10.1 Å². The molecule has 1 heterocycles. The Kier molecular flexibility index (Phi) is 6.22. The smallest absolute Gasteiger partial charge is 0.248 e. The number of carbonyl (C=O) groups is 1. The van der Waals surface area contributed by atoms with Gasteiger partial charge in [-0.2, -0.15) is 5.26 Å². The normalized spacial score (nSPS) is 10.7. The molecule has 0 saturated heterocycles. The highest BCUT2D eigenvalue weighted by Gasteiger charge is 2.11. The number of anilines is 3. The van der Waals surface area contributed by atoms with Crippen LogP contribution in [0.25, 0.3) is 10.9 Å².